The summed E-state index contributed by atoms with van der Waals surface area (Å²) >= 11 is 0. The van der Waals surface area contributed by atoms with Gasteiger partial charge >= 0.3 is 0 Å². The summed E-state index contributed by atoms with van der Waals surface area (Å²) in [6.45, 7) is 19.4. The van der Waals surface area contributed by atoms with E-state index in [-0.39, 0.29) is 5.54 Å². The Labute approximate surface area is 178 Å². The molecular weight excluding hydrogens is 362 g/mol. The summed E-state index contributed by atoms with van der Waals surface area (Å²) in [7, 11) is 0. The van der Waals surface area contributed by atoms with Gasteiger partial charge in [0.15, 0.2) is 5.54 Å². The first kappa shape index (κ1) is 23.0. The van der Waals surface area contributed by atoms with Crippen molar-refractivity contribution in [3.63, 3.8) is 0 Å². The maximum absolute atomic E-state index is 9.19. The molecule has 166 valence electrons. The molecule has 4 fully saturated rings. The molecule has 0 aliphatic carbocycles. The first-order chi connectivity index (χ1) is 13.8. The third kappa shape index (κ3) is 5.15. The normalized spacial score (nSPS) is 28.2. The second-order valence-electron chi connectivity index (χ2n) is 10.8. The number of hydrogen-bond acceptors (Lipinski definition) is 5. The summed E-state index contributed by atoms with van der Waals surface area (Å²) in [5, 5.41) is 9.19. The summed E-state index contributed by atoms with van der Waals surface area (Å²) in [6.07, 6.45) is 5.24. The fraction of sp³-hybridized carbons (Fsp3) is 0.958. The molecule has 0 saturated carbocycles. The molecule has 4 aliphatic rings. The zero-order chi connectivity index (χ0) is 21.1. The smallest absolute Gasteiger partial charge is 0.156 e. The third-order valence-corrected chi connectivity index (χ3v) is 8.05. The number of ether oxygens (including phenoxy) is 2. The minimum Gasteiger partial charge on any atom is -0.377 e. The van der Waals surface area contributed by atoms with Crippen LogP contribution in [0.25, 0.3) is 0 Å². The number of piperidine rings is 2. The van der Waals surface area contributed by atoms with Gasteiger partial charge < -0.3 is 9.47 Å². The Morgan fingerprint density at radius 1 is 0.759 bits per heavy atom. The number of nitrogens with zero attached hydrogens (tertiary/aromatic N) is 3. The van der Waals surface area contributed by atoms with E-state index in [4.69, 9.17) is 9.47 Å². The largest absolute Gasteiger partial charge is 0.377 e. The molecule has 0 unspecified atom stereocenters. The van der Waals surface area contributed by atoms with Gasteiger partial charge in [-0.05, 0) is 69.4 Å². The Bertz CT molecular complexity index is 547. The van der Waals surface area contributed by atoms with E-state index < -0.39 is 0 Å². The minimum atomic E-state index is -0.276. The lowest BCUT2D eigenvalue weighted by molar-refractivity contribution is -0.139. The molecule has 0 aromatic heterocycles. The Hall–Kier alpha value is -0.670. The van der Waals surface area contributed by atoms with Crippen LogP contribution in [0.3, 0.4) is 0 Å². The van der Waals surface area contributed by atoms with E-state index in [1.807, 2.05) is 0 Å². The van der Waals surface area contributed by atoms with Crippen molar-refractivity contribution in [2.45, 2.75) is 71.4 Å². The van der Waals surface area contributed by atoms with Crippen molar-refractivity contribution in [1.82, 2.24) is 9.80 Å². The number of hydrogen-bond donors (Lipinski definition) is 0. The van der Waals surface area contributed by atoms with Crippen LogP contribution in [0.2, 0.25) is 0 Å². The summed E-state index contributed by atoms with van der Waals surface area (Å²) in [5.41, 5.74) is 0.101. The molecule has 29 heavy (non-hydrogen) atoms. The number of likely N-dealkylation sites (tertiary alicyclic amines) is 2. The molecule has 0 atom stereocenters. The van der Waals surface area contributed by atoms with Crippen LogP contribution in [0.1, 0.15) is 60.3 Å². The van der Waals surface area contributed by atoms with Gasteiger partial charge in [0.05, 0.1) is 38.0 Å². The van der Waals surface area contributed by atoms with Crippen molar-refractivity contribution < 1.29 is 9.47 Å². The van der Waals surface area contributed by atoms with Gasteiger partial charge in [-0.3, -0.25) is 9.80 Å². The second-order valence-corrected chi connectivity index (χ2v) is 10.8. The van der Waals surface area contributed by atoms with Crippen molar-refractivity contribution in [1.29, 1.82) is 5.26 Å². The predicted octanol–water partition coefficient (Wildman–Crippen LogP) is 3.79. The predicted molar refractivity (Wildman–Crippen MR) is 117 cm³/mol. The van der Waals surface area contributed by atoms with Crippen LogP contribution >= 0.6 is 0 Å². The van der Waals surface area contributed by atoms with Crippen LogP contribution in [-0.2, 0) is 9.47 Å². The van der Waals surface area contributed by atoms with E-state index in [9.17, 15) is 5.26 Å². The molecule has 0 radical (unpaired) electrons. The maximum atomic E-state index is 9.19. The summed E-state index contributed by atoms with van der Waals surface area (Å²) in [6, 6.07) is 2.43. The molecule has 0 amide bonds. The lowest BCUT2D eigenvalue weighted by atomic mass is 9.84. The third-order valence-electron chi connectivity index (χ3n) is 8.05. The highest BCUT2D eigenvalue weighted by atomic mass is 16.5. The number of rotatable bonds is 4. The lowest BCUT2D eigenvalue weighted by Crippen LogP contribution is -2.63. The van der Waals surface area contributed by atoms with Gasteiger partial charge in [-0.1, -0.05) is 27.7 Å². The Balaban J connectivity index is 0.000000166. The van der Waals surface area contributed by atoms with Gasteiger partial charge in [0.25, 0.3) is 0 Å². The fourth-order valence-electron chi connectivity index (χ4n) is 5.29. The molecule has 0 bridgehead atoms. The molecule has 5 nitrogen and oxygen atoms in total. The Morgan fingerprint density at radius 2 is 1.17 bits per heavy atom. The molecular formula is C24H43N3O2. The Morgan fingerprint density at radius 3 is 1.45 bits per heavy atom. The van der Waals surface area contributed by atoms with Gasteiger partial charge in [0.1, 0.15) is 0 Å². The van der Waals surface area contributed by atoms with Crippen LogP contribution in [0.4, 0.5) is 0 Å². The van der Waals surface area contributed by atoms with Crippen LogP contribution in [0.15, 0.2) is 0 Å². The van der Waals surface area contributed by atoms with Gasteiger partial charge in [0, 0.05) is 13.1 Å². The highest BCUT2D eigenvalue weighted by Crippen LogP contribution is 2.33. The van der Waals surface area contributed by atoms with Gasteiger partial charge in [-0.25, -0.2) is 0 Å². The van der Waals surface area contributed by atoms with Gasteiger partial charge in [-0.15, -0.1) is 0 Å². The fourth-order valence-corrected chi connectivity index (χ4v) is 5.29. The van der Waals surface area contributed by atoms with Crippen LogP contribution in [0.5, 0.6) is 0 Å². The first-order valence-corrected chi connectivity index (χ1v) is 11.9. The number of nitriles is 1. The van der Waals surface area contributed by atoms with Crippen molar-refractivity contribution in [3.05, 3.63) is 0 Å². The van der Waals surface area contributed by atoms with E-state index in [1.165, 1.54) is 38.8 Å². The van der Waals surface area contributed by atoms with Crippen molar-refractivity contribution >= 4 is 0 Å². The van der Waals surface area contributed by atoms with E-state index in [2.05, 4.69) is 50.5 Å². The van der Waals surface area contributed by atoms with Crippen LogP contribution in [-0.4, -0.2) is 73.5 Å². The highest BCUT2D eigenvalue weighted by Gasteiger charge is 2.45. The van der Waals surface area contributed by atoms with E-state index >= 15 is 0 Å². The monoisotopic (exact) mass is 405 g/mol. The summed E-state index contributed by atoms with van der Waals surface area (Å²) in [4.78, 5) is 4.96. The second kappa shape index (κ2) is 9.64. The minimum absolute atomic E-state index is 0.276. The lowest BCUT2D eigenvalue weighted by Gasteiger charge is -2.50. The van der Waals surface area contributed by atoms with Gasteiger partial charge in [-0.2, -0.15) is 5.26 Å². The molecule has 4 saturated heterocycles. The van der Waals surface area contributed by atoms with Crippen molar-refractivity contribution in [2.24, 2.45) is 23.7 Å². The standard InChI is InChI=1S/C12H20N2O.C12H23NO/c1-10(2)11-3-5-14(6-4-11)12(7-13)8-15-9-12;1-10(2)11-4-6-13(7-5-11)12(3)8-14-9-12/h10-11H,3-6,8-9H2,1-2H3;10-11H,4-9H2,1-3H3. The molecule has 0 aromatic carbocycles. The molecule has 0 spiro atoms. The molecule has 0 N–H and O–H groups in total. The van der Waals surface area contributed by atoms with Crippen LogP contribution < -0.4 is 0 Å². The first-order valence-electron chi connectivity index (χ1n) is 11.9. The molecule has 4 heterocycles. The topological polar surface area (TPSA) is 48.7 Å². The van der Waals surface area contributed by atoms with Gasteiger partial charge in [0.2, 0.25) is 0 Å². The highest BCUT2D eigenvalue weighted by molar-refractivity contribution is 5.13. The van der Waals surface area contributed by atoms with E-state index in [0.717, 1.165) is 50.0 Å². The molecule has 0 aromatic rings. The molecule has 4 aliphatic heterocycles. The quantitative estimate of drug-likeness (QED) is 0.712. The van der Waals surface area contributed by atoms with E-state index in [1.54, 1.807) is 0 Å². The van der Waals surface area contributed by atoms with E-state index in [0.29, 0.717) is 18.8 Å². The average molecular weight is 406 g/mol. The molecule has 4 rings (SSSR count). The molecule has 5 heteroatoms. The summed E-state index contributed by atoms with van der Waals surface area (Å²) in [5.74, 6) is 3.44. The Kier molecular flexibility index (Phi) is 7.65. The van der Waals surface area contributed by atoms with Crippen LogP contribution in [0, 0.1) is 35.0 Å². The average Bonchev–Trinajstić information content (AvgIpc) is 2.67. The maximum Gasteiger partial charge on any atom is 0.156 e. The zero-order valence-corrected chi connectivity index (χ0v) is 19.5. The van der Waals surface area contributed by atoms with Crippen molar-refractivity contribution in [2.75, 3.05) is 52.6 Å². The summed E-state index contributed by atoms with van der Waals surface area (Å²) < 4.78 is 10.5. The zero-order valence-electron chi connectivity index (χ0n) is 19.5. The van der Waals surface area contributed by atoms with Crippen molar-refractivity contribution in [3.8, 4) is 6.07 Å². The SMILES string of the molecule is CC(C)C1CCN(C2(C#N)COC2)CC1.CC(C)C1CCN(C2(C)COC2)CC1.